The number of piperazine rings is 1. The summed E-state index contributed by atoms with van der Waals surface area (Å²) in [5, 5.41) is 0. The van der Waals surface area contributed by atoms with Gasteiger partial charge in [0.15, 0.2) is 0 Å². The summed E-state index contributed by atoms with van der Waals surface area (Å²) in [6.07, 6.45) is 6.90. The van der Waals surface area contributed by atoms with E-state index in [1.165, 1.54) is 19.2 Å². The Hall–Kier alpha value is -2.22. The van der Waals surface area contributed by atoms with Crippen molar-refractivity contribution in [1.82, 2.24) is 9.80 Å². The molecule has 0 aromatic rings. The number of ether oxygens (including phenoxy) is 2. The maximum Gasteiger partial charge on any atom is 0.410 e. The van der Waals surface area contributed by atoms with E-state index in [2.05, 4.69) is 16.5 Å². The predicted molar refractivity (Wildman–Crippen MR) is 155 cm³/mol. The van der Waals surface area contributed by atoms with Gasteiger partial charge >= 0.3 is 6.09 Å². The van der Waals surface area contributed by atoms with Crippen LogP contribution in [-0.2, 0) is 9.47 Å². The Morgan fingerprint density at radius 3 is 2.26 bits per heavy atom. The van der Waals surface area contributed by atoms with Crippen LogP contribution in [0.2, 0.25) is 0 Å². The van der Waals surface area contributed by atoms with Gasteiger partial charge in [0.2, 0.25) is 0 Å². The van der Waals surface area contributed by atoms with E-state index in [0.29, 0.717) is 36.7 Å². The number of hydrogen-bond acceptors (Lipinski definition) is 5. The molecule has 2 fully saturated rings. The number of rotatable bonds is 10. The summed E-state index contributed by atoms with van der Waals surface area (Å²) in [7, 11) is 0. The molecule has 0 unspecified atom stereocenters. The van der Waals surface area contributed by atoms with Crippen molar-refractivity contribution in [1.29, 1.82) is 0 Å². The molecule has 0 spiro atoms. The van der Waals surface area contributed by atoms with Crippen LogP contribution in [0.15, 0.2) is 40.7 Å². The number of nitrogens with zero attached hydrogens (tertiary/aromatic N) is 3. The summed E-state index contributed by atoms with van der Waals surface area (Å²) in [5.41, 5.74) is 1.31. The summed E-state index contributed by atoms with van der Waals surface area (Å²) in [5.74, 6) is -2.40. The zero-order valence-electron chi connectivity index (χ0n) is 25.5. The molecule has 39 heavy (non-hydrogen) atoms. The zero-order chi connectivity index (χ0) is 29.4. The smallest absolute Gasteiger partial charge is 0.410 e. The maximum absolute atomic E-state index is 15.4. The molecule has 0 bridgehead atoms. The molecule has 0 saturated carbocycles. The van der Waals surface area contributed by atoms with Crippen molar-refractivity contribution in [2.45, 2.75) is 118 Å². The first-order valence-corrected chi connectivity index (χ1v) is 14.5. The molecule has 0 aliphatic carbocycles. The van der Waals surface area contributed by atoms with E-state index in [4.69, 9.17) is 9.47 Å². The summed E-state index contributed by atoms with van der Waals surface area (Å²) in [6, 6.07) is -0.245. The van der Waals surface area contributed by atoms with Gasteiger partial charge in [0.25, 0.3) is 5.92 Å². The van der Waals surface area contributed by atoms with Crippen molar-refractivity contribution < 1.29 is 23.0 Å². The van der Waals surface area contributed by atoms with Crippen LogP contribution in [0.25, 0.3) is 0 Å². The average molecular weight is 552 g/mol. The Bertz CT molecular complexity index is 930. The third-order valence-electron chi connectivity index (χ3n) is 7.71. The minimum absolute atomic E-state index is 0.00333. The Morgan fingerprint density at radius 1 is 1.13 bits per heavy atom. The molecule has 0 N–H and O–H groups in total. The van der Waals surface area contributed by atoms with Gasteiger partial charge in [-0.3, -0.25) is 4.99 Å². The van der Waals surface area contributed by atoms with Crippen LogP contribution in [-0.4, -0.2) is 71.5 Å². The van der Waals surface area contributed by atoms with Gasteiger partial charge in [0.05, 0.1) is 0 Å². The van der Waals surface area contributed by atoms with Crippen LogP contribution in [0.3, 0.4) is 0 Å². The van der Waals surface area contributed by atoms with E-state index in [1.807, 2.05) is 41.5 Å². The monoisotopic (exact) mass is 551 g/mol. The Kier molecular flexibility index (Phi) is 12.2. The van der Waals surface area contributed by atoms with E-state index in [9.17, 15) is 4.79 Å². The van der Waals surface area contributed by atoms with Gasteiger partial charge in [-0.25, -0.2) is 13.6 Å². The average Bonchev–Trinajstić information content (AvgIpc) is 2.87. The van der Waals surface area contributed by atoms with E-state index >= 15 is 8.78 Å². The SMILES string of the molecule is C=CN=C(CCCC1CCOCC1)C(/C(=C\C)C(F)(F)CC)=C(\C)N1C[C@@H](C)N(C(=O)OC(C)(C)C)C[C@@H]1C. The number of aliphatic imine (C=N–C) groups is 1. The van der Waals surface area contributed by atoms with Gasteiger partial charge in [-0.05, 0) is 86.5 Å². The second kappa shape index (κ2) is 14.4. The molecular weight excluding hydrogens is 500 g/mol. The highest BCUT2D eigenvalue weighted by Crippen LogP contribution is 2.38. The molecule has 2 saturated heterocycles. The molecule has 2 aliphatic heterocycles. The van der Waals surface area contributed by atoms with Gasteiger partial charge in [0, 0.05) is 73.6 Å². The molecular formula is C31H51F2N3O3. The molecule has 0 radical (unpaired) electrons. The van der Waals surface area contributed by atoms with Crippen molar-refractivity contribution in [3.05, 3.63) is 35.7 Å². The lowest BCUT2D eigenvalue weighted by Crippen LogP contribution is -2.58. The highest BCUT2D eigenvalue weighted by molar-refractivity contribution is 6.05. The fourth-order valence-corrected chi connectivity index (χ4v) is 5.56. The fourth-order valence-electron chi connectivity index (χ4n) is 5.56. The number of carbonyl (C=O) groups excluding carboxylic acids is 1. The molecule has 0 aromatic heterocycles. The lowest BCUT2D eigenvalue weighted by Gasteiger charge is -2.46. The summed E-state index contributed by atoms with van der Waals surface area (Å²) >= 11 is 0. The van der Waals surface area contributed by atoms with Gasteiger partial charge < -0.3 is 19.3 Å². The lowest BCUT2D eigenvalue weighted by molar-refractivity contribution is -0.00430. The molecule has 1 amide bonds. The normalized spacial score (nSPS) is 23.0. The zero-order valence-corrected chi connectivity index (χ0v) is 25.5. The topological polar surface area (TPSA) is 54.4 Å². The quantitative estimate of drug-likeness (QED) is 0.206. The van der Waals surface area contributed by atoms with Gasteiger partial charge in [0.1, 0.15) is 5.60 Å². The highest BCUT2D eigenvalue weighted by atomic mass is 19.3. The van der Waals surface area contributed by atoms with Crippen molar-refractivity contribution in [2.24, 2.45) is 10.9 Å². The number of amides is 1. The molecule has 2 atom stereocenters. The van der Waals surface area contributed by atoms with Crippen LogP contribution in [0.1, 0.15) is 93.9 Å². The number of halogens is 2. The molecule has 2 heterocycles. The molecule has 8 heteroatoms. The first kappa shape index (κ1) is 33.0. The van der Waals surface area contributed by atoms with Crippen LogP contribution in [0.4, 0.5) is 13.6 Å². The van der Waals surface area contributed by atoms with E-state index in [-0.39, 0.29) is 30.2 Å². The van der Waals surface area contributed by atoms with Gasteiger partial charge in [-0.15, -0.1) is 0 Å². The van der Waals surface area contributed by atoms with E-state index in [0.717, 1.165) is 44.6 Å². The summed E-state index contributed by atoms with van der Waals surface area (Å²) in [4.78, 5) is 21.3. The van der Waals surface area contributed by atoms with Crippen LogP contribution in [0, 0.1) is 5.92 Å². The van der Waals surface area contributed by atoms with Crippen molar-refractivity contribution in [3.8, 4) is 0 Å². The predicted octanol–water partition coefficient (Wildman–Crippen LogP) is 7.76. The van der Waals surface area contributed by atoms with Gasteiger partial charge in [-0.2, -0.15) is 0 Å². The first-order valence-electron chi connectivity index (χ1n) is 14.5. The van der Waals surface area contributed by atoms with Gasteiger partial charge in [-0.1, -0.05) is 19.6 Å². The molecule has 0 aromatic carbocycles. The van der Waals surface area contributed by atoms with E-state index in [1.54, 1.807) is 11.8 Å². The molecule has 222 valence electrons. The lowest BCUT2D eigenvalue weighted by atomic mass is 9.87. The molecule has 6 nitrogen and oxygen atoms in total. The Labute approximate surface area is 235 Å². The molecule has 2 rings (SSSR count). The Morgan fingerprint density at radius 2 is 1.72 bits per heavy atom. The van der Waals surface area contributed by atoms with Crippen LogP contribution in [0.5, 0.6) is 0 Å². The second-order valence-electron chi connectivity index (χ2n) is 11.9. The van der Waals surface area contributed by atoms with Crippen LogP contribution < -0.4 is 0 Å². The highest BCUT2D eigenvalue weighted by Gasteiger charge is 2.39. The number of hydrogen-bond donors (Lipinski definition) is 0. The van der Waals surface area contributed by atoms with Crippen molar-refractivity contribution >= 4 is 11.8 Å². The van der Waals surface area contributed by atoms with Crippen LogP contribution >= 0.6 is 0 Å². The number of allylic oxidation sites excluding steroid dienone is 4. The summed E-state index contributed by atoms with van der Waals surface area (Å²) in [6.45, 7) is 21.0. The largest absolute Gasteiger partial charge is 0.444 e. The third kappa shape index (κ3) is 9.16. The number of carbonyl (C=O) groups is 1. The minimum atomic E-state index is -3.00. The third-order valence-corrected chi connectivity index (χ3v) is 7.71. The first-order chi connectivity index (χ1) is 18.3. The van der Waals surface area contributed by atoms with Crippen molar-refractivity contribution in [2.75, 3.05) is 26.3 Å². The number of alkyl halides is 2. The standard InChI is InChI=1S/C31H51F2N3O3/c1-10-26(31(32,33)11-2)28(27(34-12-3)15-13-14-25-16-18-38-19-17-25)24(6)35-20-23(5)36(21-22(35)4)29(37)39-30(7,8)9/h10,12,22-23,25H,3,11,13-21H2,1-2,4-9H3/b26-10+,28-24+,34-27?/t22-,23+/m0/s1. The second-order valence-corrected chi connectivity index (χ2v) is 11.9. The maximum atomic E-state index is 15.4. The van der Waals surface area contributed by atoms with Crippen molar-refractivity contribution in [3.63, 3.8) is 0 Å². The molecule has 2 aliphatic rings. The fraction of sp³-hybridized carbons (Fsp3) is 0.742. The minimum Gasteiger partial charge on any atom is -0.444 e. The van der Waals surface area contributed by atoms with E-state index < -0.39 is 11.5 Å². The summed E-state index contributed by atoms with van der Waals surface area (Å²) < 4.78 is 42.0. The Balaban J connectivity index is 2.43.